The zero-order valence-electron chi connectivity index (χ0n) is 18.8. The van der Waals surface area contributed by atoms with E-state index in [0.717, 1.165) is 57.0 Å². The molecule has 0 saturated heterocycles. The number of H-pyrrole nitrogens is 1. The standard InChI is InChI=1S/C25H33N5O2/c1-20(31)30(16-10-21-18-28-23-9-4-3-8-22(21)23)25(11-5-2-6-12-25)24(32)27-13-7-15-29-17-14-26-19-29/h3-4,8-9,14,17-19,28H,2,5-7,10-13,15-16H2,1H3,(H,27,32). The fourth-order valence-electron chi connectivity index (χ4n) is 5.05. The van der Waals surface area contributed by atoms with Crippen molar-refractivity contribution in [3.05, 3.63) is 54.7 Å². The van der Waals surface area contributed by atoms with Crippen LogP contribution in [0.4, 0.5) is 0 Å². The summed E-state index contributed by atoms with van der Waals surface area (Å²) in [5, 5.41) is 4.32. The normalized spacial score (nSPS) is 15.5. The number of aromatic nitrogens is 3. The first-order valence-corrected chi connectivity index (χ1v) is 11.7. The quantitative estimate of drug-likeness (QED) is 0.503. The van der Waals surface area contributed by atoms with Gasteiger partial charge in [-0.1, -0.05) is 37.5 Å². The fraction of sp³-hybridized carbons (Fsp3) is 0.480. The van der Waals surface area contributed by atoms with Gasteiger partial charge in [0.05, 0.1) is 6.33 Å². The van der Waals surface area contributed by atoms with Crippen LogP contribution in [-0.4, -0.2) is 49.9 Å². The van der Waals surface area contributed by atoms with Gasteiger partial charge < -0.3 is 19.8 Å². The number of hydrogen-bond donors (Lipinski definition) is 2. The number of amides is 2. The maximum absolute atomic E-state index is 13.5. The van der Waals surface area contributed by atoms with Crippen LogP contribution in [0.15, 0.2) is 49.2 Å². The molecule has 7 heteroatoms. The van der Waals surface area contributed by atoms with Crippen molar-refractivity contribution < 1.29 is 9.59 Å². The number of imidazole rings is 1. The van der Waals surface area contributed by atoms with Crippen molar-refractivity contribution in [2.45, 2.75) is 64.0 Å². The van der Waals surface area contributed by atoms with E-state index in [9.17, 15) is 9.59 Å². The molecule has 1 aliphatic carbocycles. The number of aryl methyl sites for hydroxylation is 1. The Morgan fingerprint density at radius 2 is 2.03 bits per heavy atom. The second kappa shape index (κ2) is 10.0. The molecule has 2 N–H and O–H groups in total. The number of nitrogens with one attached hydrogen (secondary N) is 2. The molecule has 7 nitrogen and oxygen atoms in total. The van der Waals surface area contributed by atoms with Crippen LogP contribution in [0.2, 0.25) is 0 Å². The van der Waals surface area contributed by atoms with Gasteiger partial charge in [-0.25, -0.2) is 4.98 Å². The molecule has 32 heavy (non-hydrogen) atoms. The molecule has 0 atom stereocenters. The molecule has 4 rings (SSSR count). The number of carbonyl (C=O) groups is 2. The highest BCUT2D eigenvalue weighted by Gasteiger charge is 2.45. The average Bonchev–Trinajstić information content (AvgIpc) is 3.47. The van der Waals surface area contributed by atoms with Gasteiger partial charge in [0.2, 0.25) is 11.8 Å². The molecule has 2 heterocycles. The van der Waals surface area contributed by atoms with Crippen LogP contribution in [0.5, 0.6) is 0 Å². The molecule has 170 valence electrons. The van der Waals surface area contributed by atoms with Gasteiger partial charge in [-0.15, -0.1) is 0 Å². The third kappa shape index (κ3) is 4.71. The molecule has 2 amide bonds. The number of benzene rings is 1. The number of nitrogens with zero attached hydrogens (tertiary/aromatic N) is 3. The third-order valence-electron chi connectivity index (χ3n) is 6.72. The summed E-state index contributed by atoms with van der Waals surface area (Å²) in [4.78, 5) is 35.5. The first-order chi connectivity index (χ1) is 15.6. The Bertz CT molecular complexity index is 1030. The summed E-state index contributed by atoms with van der Waals surface area (Å²) in [5.74, 6) is -0.0303. The van der Waals surface area contributed by atoms with Gasteiger partial charge in [0.25, 0.3) is 0 Å². The van der Waals surface area contributed by atoms with Crippen LogP contribution >= 0.6 is 0 Å². The molecule has 1 saturated carbocycles. The Morgan fingerprint density at radius 3 is 2.78 bits per heavy atom. The number of para-hydroxylation sites is 1. The Balaban J connectivity index is 1.45. The van der Waals surface area contributed by atoms with Gasteiger partial charge in [0.15, 0.2) is 0 Å². The molecule has 0 aliphatic heterocycles. The van der Waals surface area contributed by atoms with Gasteiger partial charge in [-0.2, -0.15) is 0 Å². The summed E-state index contributed by atoms with van der Waals surface area (Å²) in [5.41, 5.74) is 1.53. The van der Waals surface area contributed by atoms with Crippen molar-refractivity contribution in [3.8, 4) is 0 Å². The maximum atomic E-state index is 13.5. The largest absolute Gasteiger partial charge is 0.361 e. The minimum absolute atomic E-state index is 0.00282. The molecule has 0 unspecified atom stereocenters. The zero-order valence-corrected chi connectivity index (χ0v) is 18.8. The van der Waals surface area contributed by atoms with E-state index in [-0.39, 0.29) is 11.8 Å². The first kappa shape index (κ1) is 22.1. The Morgan fingerprint density at radius 1 is 1.22 bits per heavy atom. The van der Waals surface area contributed by atoms with E-state index in [2.05, 4.69) is 27.4 Å². The Hall–Kier alpha value is -3.09. The Labute approximate surface area is 189 Å². The van der Waals surface area contributed by atoms with Crippen LogP contribution in [0, 0.1) is 0 Å². The number of rotatable bonds is 9. The van der Waals surface area contributed by atoms with Crippen LogP contribution < -0.4 is 5.32 Å². The highest BCUT2D eigenvalue weighted by atomic mass is 16.2. The van der Waals surface area contributed by atoms with Crippen molar-refractivity contribution in [1.29, 1.82) is 0 Å². The van der Waals surface area contributed by atoms with E-state index in [1.807, 2.05) is 34.0 Å². The molecule has 1 fully saturated rings. The minimum atomic E-state index is -0.745. The van der Waals surface area contributed by atoms with E-state index in [1.54, 1.807) is 19.4 Å². The predicted molar refractivity (Wildman–Crippen MR) is 125 cm³/mol. The molecular formula is C25H33N5O2. The summed E-state index contributed by atoms with van der Waals surface area (Å²) in [6, 6.07) is 8.20. The lowest BCUT2D eigenvalue weighted by molar-refractivity contribution is -0.149. The molecule has 1 aliphatic rings. The van der Waals surface area contributed by atoms with Gasteiger partial charge in [-0.3, -0.25) is 9.59 Å². The monoisotopic (exact) mass is 435 g/mol. The summed E-state index contributed by atoms with van der Waals surface area (Å²) in [6.45, 7) is 3.54. The number of fused-ring (bicyclic) bond motifs is 1. The lowest BCUT2D eigenvalue weighted by Gasteiger charge is -2.45. The second-order valence-corrected chi connectivity index (χ2v) is 8.78. The van der Waals surface area contributed by atoms with Crippen molar-refractivity contribution in [3.63, 3.8) is 0 Å². The molecule has 2 aromatic heterocycles. The summed E-state index contributed by atoms with van der Waals surface area (Å²) in [6.07, 6.45) is 13.6. The van der Waals surface area contributed by atoms with E-state index >= 15 is 0 Å². The highest BCUT2D eigenvalue weighted by Crippen LogP contribution is 2.35. The lowest BCUT2D eigenvalue weighted by atomic mass is 9.79. The molecule has 3 aromatic rings. The molecular weight excluding hydrogens is 402 g/mol. The smallest absolute Gasteiger partial charge is 0.245 e. The van der Waals surface area contributed by atoms with Crippen molar-refractivity contribution in [2.75, 3.05) is 13.1 Å². The van der Waals surface area contributed by atoms with E-state index < -0.39 is 5.54 Å². The number of hydrogen-bond acceptors (Lipinski definition) is 3. The highest BCUT2D eigenvalue weighted by molar-refractivity contribution is 5.91. The summed E-state index contributed by atoms with van der Waals surface area (Å²) >= 11 is 0. The number of aromatic amines is 1. The van der Waals surface area contributed by atoms with Crippen molar-refractivity contribution in [1.82, 2.24) is 24.8 Å². The Kier molecular flexibility index (Phi) is 6.93. The topological polar surface area (TPSA) is 83.0 Å². The molecule has 1 aromatic carbocycles. The zero-order chi connectivity index (χ0) is 22.4. The maximum Gasteiger partial charge on any atom is 0.245 e. The minimum Gasteiger partial charge on any atom is -0.361 e. The van der Waals surface area contributed by atoms with Crippen LogP contribution in [0.1, 0.15) is 51.0 Å². The second-order valence-electron chi connectivity index (χ2n) is 8.78. The van der Waals surface area contributed by atoms with Crippen LogP contribution in [0.3, 0.4) is 0 Å². The lowest BCUT2D eigenvalue weighted by Crippen LogP contribution is -2.61. The van der Waals surface area contributed by atoms with Crippen molar-refractivity contribution in [2.24, 2.45) is 0 Å². The molecule has 0 spiro atoms. The average molecular weight is 436 g/mol. The first-order valence-electron chi connectivity index (χ1n) is 11.7. The van der Waals surface area contributed by atoms with Crippen LogP contribution in [0.25, 0.3) is 10.9 Å². The van der Waals surface area contributed by atoms with Crippen LogP contribution in [-0.2, 0) is 22.6 Å². The van der Waals surface area contributed by atoms with Gasteiger partial charge in [0.1, 0.15) is 5.54 Å². The molecule has 0 radical (unpaired) electrons. The van der Waals surface area contributed by atoms with Gasteiger partial charge in [-0.05, 0) is 37.3 Å². The summed E-state index contributed by atoms with van der Waals surface area (Å²) < 4.78 is 2.01. The van der Waals surface area contributed by atoms with E-state index in [0.29, 0.717) is 13.1 Å². The van der Waals surface area contributed by atoms with Gasteiger partial charge >= 0.3 is 0 Å². The van der Waals surface area contributed by atoms with E-state index in [4.69, 9.17) is 0 Å². The number of carbonyl (C=O) groups excluding carboxylic acids is 2. The predicted octanol–water partition coefficient (Wildman–Crippen LogP) is 3.66. The van der Waals surface area contributed by atoms with Crippen molar-refractivity contribution >= 4 is 22.7 Å². The summed E-state index contributed by atoms with van der Waals surface area (Å²) in [7, 11) is 0. The SMILES string of the molecule is CC(=O)N(CCc1c[nH]c2ccccc12)C1(C(=O)NCCCn2ccnc2)CCCCC1. The third-order valence-corrected chi connectivity index (χ3v) is 6.72. The van der Waals surface area contributed by atoms with Gasteiger partial charge in [0, 0.05) is 56.1 Å². The van der Waals surface area contributed by atoms with E-state index in [1.165, 1.54) is 10.9 Å². The molecule has 0 bridgehead atoms. The fourth-order valence-corrected chi connectivity index (χ4v) is 5.05.